The van der Waals surface area contributed by atoms with Crippen molar-refractivity contribution in [2.24, 2.45) is 0 Å². The Kier molecular flexibility index (Phi) is 6.49. The number of ether oxygens (including phenoxy) is 2. The highest BCUT2D eigenvalue weighted by atomic mass is 16.5. The topological polar surface area (TPSA) is 52.0 Å². The van der Waals surface area contributed by atoms with Crippen LogP contribution in [0.2, 0.25) is 0 Å². The highest BCUT2D eigenvalue weighted by molar-refractivity contribution is 5.80. The summed E-state index contributed by atoms with van der Waals surface area (Å²) in [7, 11) is 5.26. The quantitative estimate of drug-likeness (QED) is 0.776. The van der Waals surface area contributed by atoms with Crippen LogP contribution >= 0.6 is 0 Å². The van der Waals surface area contributed by atoms with Crippen molar-refractivity contribution in [2.75, 3.05) is 21.3 Å². The third kappa shape index (κ3) is 4.93. The lowest BCUT2D eigenvalue weighted by molar-refractivity contribution is -0.908. The number of quaternary nitrogens is 1. The molecule has 2 atom stereocenters. The SMILES string of the molecule is COc1ccc(C[NH+](C)[C@@H](C)C(=O)NC(C)C)cc1OC. The Morgan fingerprint density at radius 3 is 2.33 bits per heavy atom. The van der Waals surface area contributed by atoms with Gasteiger partial charge in [0.15, 0.2) is 17.5 Å². The molecule has 0 radical (unpaired) electrons. The van der Waals surface area contributed by atoms with E-state index >= 15 is 0 Å². The van der Waals surface area contributed by atoms with Crippen LogP contribution in [0.3, 0.4) is 0 Å². The maximum absolute atomic E-state index is 12.0. The summed E-state index contributed by atoms with van der Waals surface area (Å²) in [4.78, 5) is 13.2. The smallest absolute Gasteiger partial charge is 0.278 e. The molecule has 0 bridgehead atoms. The van der Waals surface area contributed by atoms with Crippen LogP contribution in [0.1, 0.15) is 26.3 Å². The van der Waals surface area contributed by atoms with Crippen molar-refractivity contribution in [3.05, 3.63) is 23.8 Å². The van der Waals surface area contributed by atoms with E-state index in [-0.39, 0.29) is 18.0 Å². The van der Waals surface area contributed by atoms with Crippen LogP contribution in [0.4, 0.5) is 0 Å². The van der Waals surface area contributed by atoms with Gasteiger partial charge in [0.05, 0.1) is 21.3 Å². The number of hydrogen-bond donors (Lipinski definition) is 2. The summed E-state index contributed by atoms with van der Waals surface area (Å²) in [5, 5.41) is 2.95. The average molecular weight is 295 g/mol. The zero-order valence-corrected chi connectivity index (χ0v) is 13.8. The summed E-state index contributed by atoms with van der Waals surface area (Å²) in [6.07, 6.45) is 0. The Morgan fingerprint density at radius 1 is 1.19 bits per heavy atom. The van der Waals surface area contributed by atoms with Crippen LogP contribution in [0, 0.1) is 0 Å². The lowest BCUT2D eigenvalue weighted by Gasteiger charge is -2.22. The van der Waals surface area contributed by atoms with Crippen molar-refractivity contribution in [3.8, 4) is 11.5 Å². The maximum Gasteiger partial charge on any atom is 0.278 e. The van der Waals surface area contributed by atoms with E-state index in [4.69, 9.17) is 9.47 Å². The Labute approximate surface area is 127 Å². The molecule has 0 spiro atoms. The molecule has 1 aromatic rings. The first-order chi connectivity index (χ1) is 9.88. The van der Waals surface area contributed by atoms with Gasteiger partial charge < -0.3 is 19.7 Å². The van der Waals surface area contributed by atoms with E-state index in [0.29, 0.717) is 11.5 Å². The third-order valence-corrected chi connectivity index (χ3v) is 3.49. The number of nitrogens with one attached hydrogen (secondary N) is 2. The van der Waals surface area contributed by atoms with E-state index in [1.54, 1.807) is 14.2 Å². The minimum absolute atomic E-state index is 0.0722. The monoisotopic (exact) mass is 295 g/mol. The number of hydrogen-bond acceptors (Lipinski definition) is 3. The number of likely N-dealkylation sites (N-methyl/N-ethyl adjacent to an activating group) is 1. The highest BCUT2D eigenvalue weighted by Gasteiger charge is 2.22. The van der Waals surface area contributed by atoms with Crippen LogP contribution in [-0.2, 0) is 11.3 Å². The van der Waals surface area contributed by atoms with Crippen molar-refractivity contribution in [1.82, 2.24) is 5.32 Å². The molecular weight excluding hydrogens is 268 g/mol. The Balaban J connectivity index is 2.74. The molecule has 0 heterocycles. The lowest BCUT2D eigenvalue weighted by Crippen LogP contribution is -3.12. The molecule has 0 saturated heterocycles. The Bertz CT molecular complexity index is 475. The van der Waals surface area contributed by atoms with Gasteiger partial charge in [0, 0.05) is 11.6 Å². The standard InChI is InChI=1S/C16H26N2O3/c1-11(2)17-16(19)12(3)18(4)10-13-7-8-14(20-5)15(9-13)21-6/h7-9,11-12H,10H2,1-6H3,(H,17,19)/p+1/t12-/m0/s1. The van der Waals surface area contributed by atoms with Crippen molar-refractivity contribution < 1.29 is 19.2 Å². The normalized spacial score (nSPS) is 13.7. The van der Waals surface area contributed by atoms with E-state index in [9.17, 15) is 4.79 Å². The van der Waals surface area contributed by atoms with Gasteiger partial charge >= 0.3 is 0 Å². The maximum atomic E-state index is 12.0. The number of benzene rings is 1. The zero-order chi connectivity index (χ0) is 16.0. The largest absolute Gasteiger partial charge is 0.493 e. The number of methoxy groups -OCH3 is 2. The van der Waals surface area contributed by atoms with E-state index in [1.165, 1.54) is 0 Å². The van der Waals surface area contributed by atoms with Gasteiger partial charge in [-0.3, -0.25) is 4.79 Å². The summed E-state index contributed by atoms with van der Waals surface area (Å²) in [6.45, 7) is 6.61. The fraction of sp³-hybridized carbons (Fsp3) is 0.562. The highest BCUT2D eigenvalue weighted by Crippen LogP contribution is 2.27. The van der Waals surface area contributed by atoms with Crippen molar-refractivity contribution in [1.29, 1.82) is 0 Å². The second-order valence-electron chi connectivity index (χ2n) is 5.60. The van der Waals surface area contributed by atoms with E-state index in [1.807, 2.05) is 46.0 Å². The number of carbonyl (C=O) groups excluding carboxylic acids is 1. The molecule has 0 saturated carbocycles. The molecule has 1 amide bonds. The van der Waals surface area contributed by atoms with Gasteiger partial charge in [-0.1, -0.05) is 0 Å². The summed E-state index contributed by atoms with van der Waals surface area (Å²) in [6, 6.07) is 5.89. The molecule has 0 fully saturated rings. The minimum Gasteiger partial charge on any atom is -0.493 e. The second kappa shape index (κ2) is 7.88. The first-order valence-corrected chi connectivity index (χ1v) is 7.22. The van der Waals surface area contributed by atoms with E-state index in [0.717, 1.165) is 17.0 Å². The van der Waals surface area contributed by atoms with Crippen molar-refractivity contribution >= 4 is 5.91 Å². The summed E-state index contributed by atoms with van der Waals surface area (Å²) >= 11 is 0. The Morgan fingerprint density at radius 2 is 1.81 bits per heavy atom. The fourth-order valence-corrected chi connectivity index (χ4v) is 2.10. The Hall–Kier alpha value is -1.75. The molecule has 1 rings (SSSR count). The molecule has 0 aliphatic rings. The molecule has 1 aromatic carbocycles. The van der Waals surface area contributed by atoms with Gasteiger partial charge in [0.25, 0.3) is 5.91 Å². The van der Waals surface area contributed by atoms with Crippen molar-refractivity contribution in [2.45, 2.75) is 39.4 Å². The molecule has 118 valence electrons. The van der Waals surface area contributed by atoms with Gasteiger partial charge in [-0.25, -0.2) is 0 Å². The molecule has 5 nitrogen and oxygen atoms in total. The molecular formula is C16H27N2O3+. The fourth-order valence-electron chi connectivity index (χ4n) is 2.10. The van der Waals surface area contributed by atoms with Crippen LogP contribution in [-0.4, -0.2) is 39.3 Å². The van der Waals surface area contributed by atoms with Gasteiger partial charge in [-0.05, 0) is 39.0 Å². The predicted molar refractivity (Wildman–Crippen MR) is 82.9 cm³/mol. The van der Waals surface area contributed by atoms with Crippen molar-refractivity contribution in [3.63, 3.8) is 0 Å². The van der Waals surface area contributed by atoms with E-state index in [2.05, 4.69) is 5.32 Å². The van der Waals surface area contributed by atoms with Crippen LogP contribution < -0.4 is 19.7 Å². The summed E-state index contributed by atoms with van der Waals surface area (Å²) < 4.78 is 10.5. The van der Waals surface area contributed by atoms with Gasteiger partial charge in [-0.15, -0.1) is 0 Å². The van der Waals surface area contributed by atoms with E-state index < -0.39 is 0 Å². The number of rotatable bonds is 7. The van der Waals surface area contributed by atoms with Crippen LogP contribution in [0.25, 0.3) is 0 Å². The van der Waals surface area contributed by atoms with Crippen LogP contribution in [0.5, 0.6) is 11.5 Å². The number of amides is 1. The van der Waals surface area contributed by atoms with Gasteiger partial charge in [0.2, 0.25) is 0 Å². The first kappa shape index (κ1) is 17.3. The average Bonchev–Trinajstić information content (AvgIpc) is 2.45. The molecule has 21 heavy (non-hydrogen) atoms. The van der Waals surface area contributed by atoms with Gasteiger partial charge in [-0.2, -0.15) is 0 Å². The summed E-state index contributed by atoms with van der Waals surface area (Å²) in [5.41, 5.74) is 1.11. The van der Waals surface area contributed by atoms with Crippen LogP contribution in [0.15, 0.2) is 18.2 Å². The predicted octanol–water partition coefficient (Wildman–Crippen LogP) is 0.632. The summed E-state index contributed by atoms with van der Waals surface area (Å²) in [5.74, 6) is 1.49. The molecule has 5 heteroatoms. The first-order valence-electron chi connectivity index (χ1n) is 7.22. The molecule has 1 unspecified atom stereocenters. The van der Waals surface area contributed by atoms with Gasteiger partial charge in [0.1, 0.15) is 6.54 Å². The second-order valence-corrected chi connectivity index (χ2v) is 5.60. The third-order valence-electron chi connectivity index (χ3n) is 3.49. The molecule has 2 N–H and O–H groups in total. The molecule has 0 aliphatic heterocycles. The minimum atomic E-state index is -0.111. The zero-order valence-electron chi connectivity index (χ0n) is 13.8. The lowest BCUT2D eigenvalue weighted by atomic mass is 10.1. The number of carbonyl (C=O) groups is 1. The molecule has 0 aliphatic carbocycles. The molecule has 0 aromatic heterocycles.